The number of carbonyl (C=O) groups is 1. The van der Waals surface area contributed by atoms with E-state index >= 15 is 0 Å². The lowest BCUT2D eigenvalue weighted by Crippen LogP contribution is -2.48. The molecule has 2 heterocycles. The molecule has 0 radical (unpaired) electrons. The first kappa shape index (κ1) is 17.3. The quantitative estimate of drug-likeness (QED) is 0.892. The molecular weight excluding hydrogens is 322 g/mol. The Balaban J connectivity index is 1.27. The average Bonchev–Trinajstić information content (AvgIpc) is 3.20. The number of piperidine rings is 1. The fraction of sp³-hybridized carbons (Fsp3) is 0.409. The summed E-state index contributed by atoms with van der Waals surface area (Å²) in [4.78, 5) is 14.9. The zero-order valence-electron chi connectivity index (χ0n) is 15.1. The molecule has 4 rings (SSSR count). The smallest absolute Gasteiger partial charge is 0.241 e. The van der Waals surface area contributed by atoms with E-state index in [1.54, 1.807) is 0 Å². The molecule has 2 aromatic rings. The predicted octanol–water partition coefficient (Wildman–Crippen LogP) is 3.08. The Morgan fingerprint density at radius 1 is 0.923 bits per heavy atom. The minimum atomic E-state index is -0.120. The Labute approximate surface area is 155 Å². The maximum atomic E-state index is 12.9. The van der Waals surface area contributed by atoms with E-state index < -0.39 is 0 Å². The van der Waals surface area contributed by atoms with Crippen LogP contribution in [0.1, 0.15) is 36.4 Å². The second kappa shape index (κ2) is 8.02. The minimum Gasteiger partial charge on any atom is -0.341 e. The SMILES string of the molecule is O=C(C1CC(c2ccccc2)NN1)N1CCC(Cc2ccccc2)CC1. The van der Waals surface area contributed by atoms with Crippen LogP contribution in [0.15, 0.2) is 60.7 Å². The Hall–Kier alpha value is -2.17. The van der Waals surface area contributed by atoms with Crippen molar-refractivity contribution in [3.63, 3.8) is 0 Å². The number of rotatable bonds is 4. The average molecular weight is 349 g/mol. The van der Waals surface area contributed by atoms with E-state index in [-0.39, 0.29) is 18.0 Å². The molecule has 2 unspecified atom stereocenters. The Morgan fingerprint density at radius 3 is 2.27 bits per heavy atom. The molecule has 0 aromatic heterocycles. The van der Waals surface area contributed by atoms with Crippen LogP contribution < -0.4 is 10.9 Å². The van der Waals surface area contributed by atoms with Crippen LogP contribution in [0.4, 0.5) is 0 Å². The summed E-state index contributed by atoms with van der Waals surface area (Å²) in [6, 6.07) is 21.1. The molecule has 4 heteroatoms. The van der Waals surface area contributed by atoms with Crippen molar-refractivity contribution in [3.05, 3.63) is 71.8 Å². The zero-order chi connectivity index (χ0) is 17.8. The molecule has 26 heavy (non-hydrogen) atoms. The van der Waals surface area contributed by atoms with Gasteiger partial charge in [-0.25, -0.2) is 10.9 Å². The summed E-state index contributed by atoms with van der Waals surface area (Å²) in [5.41, 5.74) is 9.14. The largest absolute Gasteiger partial charge is 0.341 e. The highest BCUT2D eigenvalue weighted by Crippen LogP contribution is 2.26. The van der Waals surface area contributed by atoms with Gasteiger partial charge in [-0.1, -0.05) is 60.7 Å². The van der Waals surface area contributed by atoms with E-state index in [0.717, 1.165) is 38.8 Å². The number of carbonyl (C=O) groups excluding carboxylic acids is 1. The Bertz CT molecular complexity index is 711. The summed E-state index contributed by atoms with van der Waals surface area (Å²) >= 11 is 0. The van der Waals surface area contributed by atoms with Crippen LogP contribution in [0, 0.1) is 5.92 Å². The molecule has 2 aliphatic heterocycles. The van der Waals surface area contributed by atoms with Crippen LogP contribution in [0.5, 0.6) is 0 Å². The number of benzene rings is 2. The molecule has 2 fully saturated rings. The molecule has 2 N–H and O–H groups in total. The van der Waals surface area contributed by atoms with Gasteiger partial charge in [0.05, 0.1) is 0 Å². The highest BCUT2D eigenvalue weighted by Gasteiger charge is 2.34. The van der Waals surface area contributed by atoms with Crippen molar-refractivity contribution >= 4 is 5.91 Å². The highest BCUT2D eigenvalue weighted by molar-refractivity contribution is 5.82. The summed E-state index contributed by atoms with van der Waals surface area (Å²) in [6.07, 6.45) is 4.14. The minimum absolute atomic E-state index is 0.120. The van der Waals surface area contributed by atoms with E-state index in [9.17, 15) is 4.79 Å². The van der Waals surface area contributed by atoms with Crippen molar-refractivity contribution < 1.29 is 4.79 Å². The molecule has 2 atom stereocenters. The summed E-state index contributed by atoms with van der Waals surface area (Å²) in [5.74, 6) is 0.933. The van der Waals surface area contributed by atoms with Gasteiger partial charge < -0.3 is 4.90 Å². The van der Waals surface area contributed by atoms with Crippen molar-refractivity contribution in [2.24, 2.45) is 5.92 Å². The number of hydrogen-bond acceptors (Lipinski definition) is 3. The monoisotopic (exact) mass is 349 g/mol. The maximum absolute atomic E-state index is 12.9. The van der Waals surface area contributed by atoms with Gasteiger partial charge in [0.1, 0.15) is 6.04 Å². The van der Waals surface area contributed by atoms with Gasteiger partial charge in [-0.3, -0.25) is 4.79 Å². The Kier molecular flexibility index (Phi) is 5.32. The molecule has 0 bridgehead atoms. The van der Waals surface area contributed by atoms with Crippen LogP contribution in [0.2, 0.25) is 0 Å². The van der Waals surface area contributed by atoms with E-state index in [1.807, 2.05) is 23.1 Å². The first-order valence-electron chi connectivity index (χ1n) is 9.68. The maximum Gasteiger partial charge on any atom is 0.241 e. The van der Waals surface area contributed by atoms with Gasteiger partial charge in [-0.2, -0.15) is 0 Å². The number of likely N-dealkylation sites (tertiary alicyclic amines) is 1. The molecule has 2 saturated heterocycles. The molecule has 1 amide bonds. The molecule has 0 saturated carbocycles. The van der Waals surface area contributed by atoms with Crippen molar-refractivity contribution in [1.82, 2.24) is 15.8 Å². The van der Waals surface area contributed by atoms with Crippen molar-refractivity contribution in [1.29, 1.82) is 0 Å². The third kappa shape index (κ3) is 3.97. The van der Waals surface area contributed by atoms with E-state index in [2.05, 4.69) is 53.3 Å². The number of hydrazine groups is 1. The predicted molar refractivity (Wildman–Crippen MR) is 103 cm³/mol. The topological polar surface area (TPSA) is 44.4 Å². The van der Waals surface area contributed by atoms with Crippen molar-refractivity contribution in [2.45, 2.75) is 37.8 Å². The van der Waals surface area contributed by atoms with Gasteiger partial charge in [0.25, 0.3) is 0 Å². The molecule has 0 spiro atoms. The highest BCUT2D eigenvalue weighted by atomic mass is 16.2. The van der Waals surface area contributed by atoms with Gasteiger partial charge in [0.2, 0.25) is 5.91 Å². The van der Waals surface area contributed by atoms with Crippen molar-refractivity contribution in [2.75, 3.05) is 13.1 Å². The van der Waals surface area contributed by atoms with E-state index in [4.69, 9.17) is 0 Å². The first-order chi connectivity index (χ1) is 12.8. The van der Waals surface area contributed by atoms with Crippen LogP contribution in [-0.4, -0.2) is 29.9 Å². The number of amides is 1. The standard InChI is InChI=1S/C22H27N3O/c26-22(21-16-20(23-24-21)19-9-5-2-6-10-19)25-13-11-18(12-14-25)15-17-7-3-1-4-8-17/h1-10,18,20-21,23-24H,11-16H2. The van der Waals surface area contributed by atoms with Crippen molar-refractivity contribution in [3.8, 4) is 0 Å². The van der Waals surface area contributed by atoms with Crippen LogP contribution in [0.3, 0.4) is 0 Å². The van der Waals surface area contributed by atoms with Gasteiger partial charge in [-0.15, -0.1) is 0 Å². The molecule has 2 aliphatic rings. The Morgan fingerprint density at radius 2 is 1.58 bits per heavy atom. The first-order valence-corrected chi connectivity index (χ1v) is 9.68. The fourth-order valence-corrected chi connectivity index (χ4v) is 4.15. The lowest BCUT2D eigenvalue weighted by atomic mass is 9.90. The van der Waals surface area contributed by atoms with Crippen LogP contribution >= 0.6 is 0 Å². The van der Waals surface area contributed by atoms with E-state index in [0.29, 0.717) is 5.92 Å². The summed E-state index contributed by atoms with van der Waals surface area (Å²) in [6.45, 7) is 1.76. The van der Waals surface area contributed by atoms with Crippen LogP contribution in [-0.2, 0) is 11.2 Å². The molecule has 136 valence electrons. The lowest BCUT2D eigenvalue weighted by molar-refractivity contribution is -0.134. The van der Waals surface area contributed by atoms with Gasteiger partial charge in [0.15, 0.2) is 0 Å². The normalized spacial score (nSPS) is 23.9. The number of nitrogens with one attached hydrogen (secondary N) is 2. The third-order valence-electron chi connectivity index (χ3n) is 5.70. The second-order valence-corrected chi connectivity index (χ2v) is 7.50. The van der Waals surface area contributed by atoms with Gasteiger partial charge in [-0.05, 0) is 42.7 Å². The zero-order valence-corrected chi connectivity index (χ0v) is 15.1. The number of hydrogen-bond donors (Lipinski definition) is 2. The van der Waals surface area contributed by atoms with Gasteiger partial charge in [0, 0.05) is 19.1 Å². The second-order valence-electron chi connectivity index (χ2n) is 7.50. The summed E-state index contributed by atoms with van der Waals surface area (Å²) in [5, 5.41) is 0. The third-order valence-corrected chi connectivity index (χ3v) is 5.70. The fourth-order valence-electron chi connectivity index (χ4n) is 4.15. The lowest BCUT2D eigenvalue weighted by Gasteiger charge is -2.33. The molecule has 0 aliphatic carbocycles. The molecule has 4 nitrogen and oxygen atoms in total. The summed E-state index contributed by atoms with van der Waals surface area (Å²) in [7, 11) is 0. The molecule has 2 aromatic carbocycles. The van der Waals surface area contributed by atoms with Crippen LogP contribution in [0.25, 0.3) is 0 Å². The molecular formula is C22H27N3O. The van der Waals surface area contributed by atoms with Gasteiger partial charge >= 0.3 is 0 Å². The summed E-state index contributed by atoms with van der Waals surface area (Å²) < 4.78 is 0. The number of nitrogens with zero attached hydrogens (tertiary/aromatic N) is 1. The van der Waals surface area contributed by atoms with E-state index in [1.165, 1.54) is 11.1 Å².